The van der Waals surface area contributed by atoms with E-state index in [-0.39, 0.29) is 5.92 Å². The van der Waals surface area contributed by atoms with E-state index in [1.807, 2.05) is 0 Å². The van der Waals surface area contributed by atoms with Crippen LogP contribution in [0.5, 0.6) is 0 Å². The maximum atomic E-state index is 9.36. The number of hydrogen-bond acceptors (Lipinski definition) is 2. The zero-order chi connectivity index (χ0) is 8.69. The molecule has 0 spiro atoms. The highest BCUT2D eigenvalue weighted by Crippen LogP contribution is 2.13. The molecule has 0 aliphatic heterocycles. The van der Waals surface area contributed by atoms with Gasteiger partial charge in [-0.1, -0.05) is 12.2 Å². The molecule has 0 fully saturated rings. The molecule has 1 atom stereocenters. The van der Waals surface area contributed by atoms with Crippen LogP contribution in [0.1, 0.15) is 12.8 Å². The summed E-state index contributed by atoms with van der Waals surface area (Å²) in [6.07, 6.45) is 4.76. The Morgan fingerprint density at radius 2 is 1.73 bits per heavy atom. The zero-order valence-corrected chi connectivity index (χ0v) is 6.87. The minimum atomic E-state index is -0.425. The summed E-state index contributed by atoms with van der Waals surface area (Å²) in [7, 11) is 0. The summed E-state index contributed by atoms with van der Waals surface area (Å²) < 4.78 is 0. The summed E-state index contributed by atoms with van der Waals surface area (Å²) in [6, 6.07) is 0. The van der Waals surface area contributed by atoms with Gasteiger partial charge >= 0.3 is 0 Å². The van der Waals surface area contributed by atoms with E-state index in [1.54, 1.807) is 12.2 Å². The molecular weight excluding hydrogens is 138 g/mol. The molecule has 0 aromatic carbocycles. The van der Waals surface area contributed by atoms with E-state index < -0.39 is 6.10 Å². The number of nitrogens with two attached hydrogens (primary N) is 1. The number of aliphatic hydroxyl groups is 1. The van der Waals surface area contributed by atoms with Crippen LogP contribution < -0.4 is 5.73 Å². The summed E-state index contributed by atoms with van der Waals surface area (Å²) in [5, 5.41) is 9.36. The predicted octanol–water partition coefficient (Wildman–Crippen LogP) is 1.07. The van der Waals surface area contributed by atoms with Crippen LogP contribution in [0.25, 0.3) is 0 Å². The molecule has 0 saturated heterocycles. The van der Waals surface area contributed by atoms with E-state index >= 15 is 0 Å². The highest BCUT2D eigenvalue weighted by Gasteiger charge is 2.13. The molecule has 0 heterocycles. The van der Waals surface area contributed by atoms with Crippen molar-refractivity contribution in [1.29, 1.82) is 0 Å². The minimum Gasteiger partial charge on any atom is -0.392 e. The van der Waals surface area contributed by atoms with Gasteiger partial charge in [0.25, 0.3) is 0 Å². The van der Waals surface area contributed by atoms with Crippen molar-refractivity contribution >= 4 is 0 Å². The van der Waals surface area contributed by atoms with E-state index in [0.29, 0.717) is 6.54 Å². The maximum Gasteiger partial charge on any atom is 0.0696 e. The summed E-state index contributed by atoms with van der Waals surface area (Å²) in [5.41, 5.74) is 5.31. The van der Waals surface area contributed by atoms with Gasteiger partial charge in [0.05, 0.1) is 6.10 Å². The standard InChI is InChI=1S/C9H17NO/c1-3-5-8(6-4-2)9(11)7-10/h3-4,8-9,11H,1-2,5-7,10H2. The average Bonchev–Trinajstić information content (AvgIpc) is 2.03. The molecule has 0 aromatic heterocycles. The Balaban J connectivity index is 3.84. The zero-order valence-electron chi connectivity index (χ0n) is 6.87. The highest BCUT2D eigenvalue weighted by molar-refractivity contribution is 4.83. The summed E-state index contributed by atoms with van der Waals surface area (Å²) in [5.74, 6) is 0.190. The SMILES string of the molecule is C=CCC(CC=C)C(O)CN. The van der Waals surface area contributed by atoms with Crippen molar-refractivity contribution in [3.63, 3.8) is 0 Å². The van der Waals surface area contributed by atoms with Crippen LogP contribution in [0, 0.1) is 5.92 Å². The van der Waals surface area contributed by atoms with Crippen LogP contribution >= 0.6 is 0 Å². The highest BCUT2D eigenvalue weighted by atomic mass is 16.3. The third-order valence-electron chi connectivity index (χ3n) is 1.72. The summed E-state index contributed by atoms with van der Waals surface area (Å²) in [4.78, 5) is 0. The van der Waals surface area contributed by atoms with E-state index in [9.17, 15) is 5.11 Å². The van der Waals surface area contributed by atoms with Crippen molar-refractivity contribution in [2.24, 2.45) is 11.7 Å². The van der Waals surface area contributed by atoms with Gasteiger partial charge in [0, 0.05) is 6.54 Å². The quantitative estimate of drug-likeness (QED) is 0.564. The van der Waals surface area contributed by atoms with Crippen LogP contribution in [0.15, 0.2) is 25.3 Å². The fraction of sp³-hybridized carbons (Fsp3) is 0.556. The molecule has 1 unspecified atom stereocenters. The number of allylic oxidation sites excluding steroid dienone is 2. The van der Waals surface area contributed by atoms with Gasteiger partial charge in [0.2, 0.25) is 0 Å². The smallest absolute Gasteiger partial charge is 0.0696 e. The van der Waals surface area contributed by atoms with Gasteiger partial charge < -0.3 is 10.8 Å². The van der Waals surface area contributed by atoms with Crippen molar-refractivity contribution in [1.82, 2.24) is 0 Å². The molecular formula is C9H17NO. The Morgan fingerprint density at radius 1 is 1.27 bits per heavy atom. The molecule has 2 heteroatoms. The Hall–Kier alpha value is -0.600. The van der Waals surface area contributed by atoms with Crippen LogP contribution in [0.3, 0.4) is 0 Å². The predicted molar refractivity (Wildman–Crippen MR) is 48.2 cm³/mol. The molecule has 64 valence electrons. The van der Waals surface area contributed by atoms with Gasteiger partial charge in [-0.2, -0.15) is 0 Å². The van der Waals surface area contributed by atoms with Gasteiger partial charge in [0.1, 0.15) is 0 Å². The lowest BCUT2D eigenvalue weighted by molar-refractivity contribution is 0.118. The van der Waals surface area contributed by atoms with Crippen LogP contribution in [-0.2, 0) is 0 Å². The molecule has 0 aromatic rings. The van der Waals surface area contributed by atoms with Gasteiger partial charge in [-0.25, -0.2) is 0 Å². The molecule has 0 rings (SSSR count). The van der Waals surface area contributed by atoms with Gasteiger partial charge in [-0.05, 0) is 18.8 Å². The fourth-order valence-electron chi connectivity index (χ4n) is 1.03. The van der Waals surface area contributed by atoms with E-state index in [0.717, 1.165) is 12.8 Å². The third kappa shape index (κ3) is 3.96. The van der Waals surface area contributed by atoms with Crippen LogP contribution in [-0.4, -0.2) is 17.8 Å². The largest absolute Gasteiger partial charge is 0.392 e. The second-order valence-electron chi connectivity index (χ2n) is 2.61. The number of rotatable bonds is 6. The first-order valence-electron chi connectivity index (χ1n) is 3.86. The Morgan fingerprint density at radius 3 is 2.00 bits per heavy atom. The third-order valence-corrected chi connectivity index (χ3v) is 1.72. The first kappa shape index (κ1) is 10.4. The topological polar surface area (TPSA) is 46.2 Å². The van der Waals surface area contributed by atoms with Gasteiger partial charge in [0.15, 0.2) is 0 Å². The van der Waals surface area contributed by atoms with E-state index in [4.69, 9.17) is 5.73 Å². The Bertz CT molecular complexity index is 113. The molecule has 0 bridgehead atoms. The fourth-order valence-corrected chi connectivity index (χ4v) is 1.03. The molecule has 3 N–H and O–H groups in total. The minimum absolute atomic E-state index is 0.190. The van der Waals surface area contributed by atoms with Crippen molar-refractivity contribution in [3.05, 3.63) is 25.3 Å². The first-order chi connectivity index (χ1) is 5.26. The molecule has 0 aliphatic rings. The Labute approximate surface area is 68.4 Å². The molecule has 0 amide bonds. The first-order valence-corrected chi connectivity index (χ1v) is 3.86. The summed E-state index contributed by atoms with van der Waals surface area (Å²) >= 11 is 0. The second kappa shape index (κ2) is 6.13. The lowest BCUT2D eigenvalue weighted by Crippen LogP contribution is -2.28. The summed E-state index contributed by atoms with van der Waals surface area (Å²) in [6.45, 7) is 7.54. The molecule has 0 aliphatic carbocycles. The van der Waals surface area contributed by atoms with Gasteiger partial charge in [-0.15, -0.1) is 13.2 Å². The van der Waals surface area contributed by atoms with Gasteiger partial charge in [-0.3, -0.25) is 0 Å². The lowest BCUT2D eigenvalue weighted by atomic mass is 9.95. The number of hydrogen-bond donors (Lipinski definition) is 2. The van der Waals surface area contributed by atoms with Crippen molar-refractivity contribution in [2.45, 2.75) is 18.9 Å². The normalized spacial score (nSPS) is 13.0. The second-order valence-corrected chi connectivity index (χ2v) is 2.61. The molecule has 2 nitrogen and oxygen atoms in total. The average molecular weight is 155 g/mol. The van der Waals surface area contributed by atoms with Crippen LogP contribution in [0.2, 0.25) is 0 Å². The maximum absolute atomic E-state index is 9.36. The van der Waals surface area contributed by atoms with E-state index in [2.05, 4.69) is 13.2 Å². The van der Waals surface area contributed by atoms with Crippen molar-refractivity contribution in [2.75, 3.05) is 6.54 Å². The monoisotopic (exact) mass is 155 g/mol. The molecule has 0 radical (unpaired) electrons. The lowest BCUT2D eigenvalue weighted by Gasteiger charge is -2.18. The number of aliphatic hydroxyl groups excluding tert-OH is 1. The van der Waals surface area contributed by atoms with Crippen molar-refractivity contribution < 1.29 is 5.11 Å². The Kier molecular flexibility index (Phi) is 5.80. The molecule has 11 heavy (non-hydrogen) atoms. The van der Waals surface area contributed by atoms with Crippen molar-refractivity contribution in [3.8, 4) is 0 Å². The van der Waals surface area contributed by atoms with Crippen LogP contribution in [0.4, 0.5) is 0 Å². The van der Waals surface area contributed by atoms with E-state index in [1.165, 1.54) is 0 Å². The molecule has 0 saturated carbocycles.